The zero-order valence-electron chi connectivity index (χ0n) is 15.9. The first-order chi connectivity index (χ1) is 14.3. The van der Waals surface area contributed by atoms with Crippen molar-refractivity contribution in [2.24, 2.45) is 0 Å². The lowest BCUT2D eigenvalue weighted by Gasteiger charge is -2.22. The van der Waals surface area contributed by atoms with Crippen LogP contribution in [0.1, 0.15) is 31.9 Å². The zero-order valence-corrected chi connectivity index (χ0v) is 17.6. The van der Waals surface area contributed by atoms with Crippen LogP contribution in [0.25, 0.3) is 17.4 Å². The van der Waals surface area contributed by atoms with E-state index in [-0.39, 0.29) is 14.9 Å². The largest absolute Gasteiger partial charge is 0.480 e. The van der Waals surface area contributed by atoms with Crippen molar-refractivity contribution in [2.75, 3.05) is 0 Å². The van der Waals surface area contributed by atoms with Gasteiger partial charge in [0.05, 0.1) is 9.83 Å². The molecular formula is C20H18N2O6S2. The summed E-state index contributed by atoms with van der Waals surface area (Å²) >= 11 is 6.27. The fourth-order valence-electron chi connectivity index (χ4n) is 3.00. The number of aliphatic carboxylic acids is 1. The van der Waals surface area contributed by atoms with Crippen LogP contribution >= 0.6 is 24.0 Å². The molecule has 1 aromatic carbocycles. The van der Waals surface area contributed by atoms with Gasteiger partial charge in [0.1, 0.15) is 21.9 Å². The highest BCUT2D eigenvalue weighted by molar-refractivity contribution is 8.26. The molecular weight excluding hydrogens is 428 g/mol. The molecule has 1 saturated heterocycles. The summed E-state index contributed by atoms with van der Waals surface area (Å²) in [4.78, 5) is 36.3. The van der Waals surface area contributed by atoms with Gasteiger partial charge in [-0.3, -0.25) is 19.8 Å². The Bertz CT molecular complexity index is 1050. The van der Waals surface area contributed by atoms with Gasteiger partial charge in [-0.25, -0.2) is 4.79 Å². The number of carbonyl (C=O) groups excluding carboxylic acids is 1. The molecule has 3 rings (SSSR count). The van der Waals surface area contributed by atoms with Crippen LogP contribution in [0.5, 0.6) is 0 Å². The van der Waals surface area contributed by atoms with Crippen molar-refractivity contribution in [3.63, 3.8) is 0 Å². The van der Waals surface area contributed by atoms with E-state index in [1.165, 1.54) is 18.2 Å². The molecule has 1 aliphatic rings. The van der Waals surface area contributed by atoms with E-state index >= 15 is 0 Å². The van der Waals surface area contributed by atoms with E-state index in [1.807, 2.05) is 6.92 Å². The van der Waals surface area contributed by atoms with Crippen molar-refractivity contribution in [1.29, 1.82) is 0 Å². The number of amides is 1. The first-order valence-corrected chi connectivity index (χ1v) is 10.4. The molecule has 1 N–H and O–H groups in total. The number of carboxylic acids is 1. The Hall–Kier alpha value is -2.98. The Kier molecular flexibility index (Phi) is 6.68. The number of benzene rings is 1. The summed E-state index contributed by atoms with van der Waals surface area (Å²) in [5, 5.41) is 20.5. The first-order valence-electron chi connectivity index (χ1n) is 9.16. The third-order valence-corrected chi connectivity index (χ3v) is 5.82. The van der Waals surface area contributed by atoms with Crippen molar-refractivity contribution in [3.05, 3.63) is 57.2 Å². The molecule has 156 valence electrons. The van der Waals surface area contributed by atoms with Gasteiger partial charge in [0.25, 0.3) is 11.6 Å². The number of rotatable bonds is 8. The van der Waals surface area contributed by atoms with Crippen LogP contribution in [0.4, 0.5) is 5.69 Å². The number of non-ortho nitro benzene ring substituents is 1. The number of nitro groups is 1. The Labute approximate surface area is 181 Å². The van der Waals surface area contributed by atoms with Crippen molar-refractivity contribution < 1.29 is 24.0 Å². The third kappa shape index (κ3) is 4.60. The monoisotopic (exact) mass is 446 g/mol. The Morgan fingerprint density at radius 1 is 1.40 bits per heavy atom. The summed E-state index contributed by atoms with van der Waals surface area (Å²) in [6, 6.07) is 8.30. The summed E-state index contributed by atoms with van der Waals surface area (Å²) in [5.74, 6) is -0.794. The molecule has 0 spiro atoms. The highest BCUT2D eigenvalue weighted by Gasteiger charge is 2.40. The van der Waals surface area contributed by atoms with Crippen LogP contribution in [0, 0.1) is 10.1 Å². The number of nitro benzene ring substituents is 1. The topological polar surface area (TPSA) is 114 Å². The molecule has 1 fully saturated rings. The molecule has 10 heteroatoms. The van der Waals surface area contributed by atoms with Crippen LogP contribution in [0.2, 0.25) is 0 Å². The van der Waals surface area contributed by atoms with Gasteiger partial charge in [0.15, 0.2) is 0 Å². The van der Waals surface area contributed by atoms with E-state index in [0.717, 1.165) is 23.1 Å². The molecule has 0 saturated carbocycles. The minimum Gasteiger partial charge on any atom is -0.480 e. The van der Waals surface area contributed by atoms with Gasteiger partial charge in [-0.15, -0.1) is 0 Å². The second kappa shape index (κ2) is 9.23. The normalized spacial score (nSPS) is 16.3. The molecule has 1 amide bonds. The van der Waals surface area contributed by atoms with E-state index in [1.54, 1.807) is 24.3 Å². The number of hydrogen-bond donors (Lipinski definition) is 1. The maximum atomic E-state index is 12.8. The summed E-state index contributed by atoms with van der Waals surface area (Å²) in [6.45, 7) is 1.94. The Balaban J connectivity index is 1.84. The second-order valence-electron chi connectivity index (χ2n) is 6.56. The quantitative estimate of drug-likeness (QED) is 0.269. The van der Waals surface area contributed by atoms with Crippen LogP contribution in [-0.4, -0.2) is 37.2 Å². The lowest BCUT2D eigenvalue weighted by atomic mass is 10.1. The standard InChI is InChI=1S/C20H18N2O6S2/c1-2-3-7-15(19(24)25)21-18(23)17(30-20(21)29)11-14-8-9-16(28-14)12-5-4-6-13(10-12)22(26)27/h4-6,8-11,15H,2-3,7H2,1H3,(H,24,25)/b17-11+/t15-/m0/s1. The minimum atomic E-state index is -1.09. The van der Waals surface area contributed by atoms with E-state index in [2.05, 4.69) is 0 Å². The molecule has 0 radical (unpaired) electrons. The molecule has 0 unspecified atom stereocenters. The summed E-state index contributed by atoms with van der Waals surface area (Å²) in [7, 11) is 0. The molecule has 1 atom stereocenters. The van der Waals surface area contributed by atoms with Gasteiger partial charge < -0.3 is 9.52 Å². The van der Waals surface area contributed by atoms with Crippen molar-refractivity contribution >= 4 is 51.9 Å². The predicted molar refractivity (Wildman–Crippen MR) is 117 cm³/mol. The van der Waals surface area contributed by atoms with Crippen molar-refractivity contribution in [1.82, 2.24) is 4.90 Å². The van der Waals surface area contributed by atoms with E-state index in [4.69, 9.17) is 16.6 Å². The number of hydrogen-bond acceptors (Lipinski definition) is 7. The lowest BCUT2D eigenvalue weighted by molar-refractivity contribution is -0.384. The molecule has 1 aliphatic heterocycles. The Morgan fingerprint density at radius 3 is 2.83 bits per heavy atom. The number of nitrogens with zero attached hydrogens (tertiary/aromatic N) is 2. The average Bonchev–Trinajstić information content (AvgIpc) is 3.28. The van der Waals surface area contributed by atoms with E-state index in [0.29, 0.717) is 29.9 Å². The average molecular weight is 447 g/mol. The summed E-state index contributed by atoms with van der Waals surface area (Å²) in [6.07, 6.45) is 3.29. The maximum absolute atomic E-state index is 12.8. The third-order valence-electron chi connectivity index (χ3n) is 4.49. The number of thioether (sulfide) groups is 1. The van der Waals surface area contributed by atoms with Crippen LogP contribution in [-0.2, 0) is 9.59 Å². The second-order valence-corrected chi connectivity index (χ2v) is 8.23. The zero-order chi connectivity index (χ0) is 21.8. The minimum absolute atomic E-state index is 0.0573. The smallest absolute Gasteiger partial charge is 0.326 e. The van der Waals surface area contributed by atoms with Gasteiger partial charge in [0.2, 0.25) is 0 Å². The molecule has 2 heterocycles. The molecule has 0 aliphatic carbocycles. The number of carbonyl (C=O) groups is 2. The van der Waals surface area contributed by atoms with Crippen LogP contribution in [0.3, 0.4) is 0 Å². The van der Waals surface area contributed by atoms with Gasteiger partial charge in [-0.2, -0.15) is 0 Å². The first kappa shape index (κ1) is 21.7. The van der Waals surface area contributed by atoms with Gasteiger partial charge in [0, 0.05) is 23.8 Å². The van der Waals surface area contributed by atoms with Gasteiger partial charge in [-0.05, 0) is 18.6 Å². The van der Waals surface area contributed by atoms with E-state index < -0.39 is 22.8 Å². The molecule has 1 aromatic heterocycles. The molecule has 0 bridgehead atoms. The summed E-state index contributed by atoms with van der Waals surface area (Å²) < 4.78 is 5.91. The highest BCUT2D eigenvalue weighted by Crippen LogP contribution is 2.36. The molecule has 2 aromatic rings. The van der Waals surface area contributed by atoms with Crippen LogP contribution < -0.4 is 0 Å². The lowest BCUT2D eigenvalue weighted by Crippen LogP contribution is -2.43. The fraction of sp³-hybridized carbons (Fsp3) is 0.250. The molecule has 8 nitrogen and oxygen atoms in total. The number of thiocarbonyl (C=S) groups is 1. The van der Waals surface area contributed by atoms with E-state index in [9.17, 15) is 24.8 Å². The number of furan rings is 1. The van der Waals surface area contributed by atoms with Gasteiger partial charge in [-0.1, -0.05) is 55.9 Å². The predicted octanol–water partition coefficient (Wildman–Crippen LogP) is 4.70. The van der Waals surface area contributed by atoms with Crippen LogP contribution in [0.15, 0.2) is 45.7 Å². The van der Waals surface area contributed by atoms with Crippen molar-refractivity contribution in [3.8, 4) is 11.3 Å². The Morgan fingerprint density at radius 2 is 2.17 bits per heavy atom. The maximum Gasteiger partial charge on any atom is 0.326 e. The van der Waals surface area contributed by atoms with Gasteiger partial charge >= 0.3 is 5.97 Å². The SMILES string of the molecule is CCCC[C@@H](C(=O)O)N1C(=O)/C(=C\c2ccc(-c3cccc([N+](=O)[O-])c3)o2)SC1=S. The number of carboxylic acid groups (broad SMARTS) is 1. The number of unbranched alkanes of at least 4 members (excludes halogenated alkanes) is 1. The highest BCUT2D eigenvalue weighted by atomic mass is 32.2. The molecule has 30 heavy (non-hydrogen) atoms. The van der Waals surface area contributed by atoms with Crippen molar-refractivity contribution in [2.45, 2.75) is 32.2 Å². The fourth-order valence-corrected chi connectivity index (χ4v) is 4.33. The summed E-state index contributed by atoms with van der Waals surface area (Å²) in [5.41, 5.74) is 0.472.